The van der Waals surface area contributed by atoms with Gasteiger partial charge in [-0.1, -0.05) is 5.16 Å². The molecule has 1 fully saturated rings. The molecule has 1 aliphatic heterocycles. The highest BCUT2D eigenvalue weighted by atomic mass is 19.3. The quantitative estimate of drug-likeness (QED) is 0.690. The molecule has 0 spiro atoms. The average Bonchev–Trinajstić information content (AvgIpc) is 3.04. The minimum absolute atomic E-state index is 0.0437. The number of hydrogen-bond donors (Lipinski definition) is 0. The molecule has 3 aromatic heterocycles. The maximum absolute atomic E-state index is 13.6. The van der Waals surface area contributed by atoms with Crippen molar-refractivity contribution in [2.45, 2.75) is 45.6 Å². The zero-order valence-corrected chi connectivity index (χ0v) is 15.3. The number of alkyl halides is 2. The third-order valence-corrected chi connectivity index (χ3v) is 5.07. The summed E-state index contributed by atoms with van der Waals surface area (Å²) in [6.07, 6.45) is 2.98. The molecule has 4 heterocycles. The summed E-state index contributed by atoms with van der Waals surface area (Å²) < 4.78 is 32.3. The zero-order valence-electron chi connectivity index (χ0n) is 15.3. The number of aromatic nitrogens is 4. The van der Waals surface area contributed by atoms with Crippen LogP contribution in [0.3, 0.4) is 0 Å². The predicted octanol–water partition coefficient (Wildman–Crippen LogP) is 3.95. The summed E-state index contributed by atoms with van der Waals surface area (Å²) in [5, 5.41) is 4.14. The van der Waals surface area contributed by atoms with Crippen LogP contribution >= 0.6 is 0 Å². The largest absolute Gasteiger partial charge is 0.336 e. The molecule has 0 aliphatic carbocycles. The zero-order chi connectivity index (χ0) is 19.0. The summed E-state index contributed by atoms with van der Waals surface area (Å²) >= 11 is 0. The Morgan fingerprint density at radius 3 is 2.78 bits per heavy atom. The highest BCUT2D eigenvalue weighted by Crippen LogP contribution is 2.34. The highest BCUT2D eigenvalue weighted by Gasteiger charge is 2.26. The molecule has 1 aliphatic rings. The van der Waals surface area contributed by atoms with Crippen molar-refractivity contribution in [3.63, 3.8) is 0 Å². The van der Waals surface area contributed by atoms with Gasteiger partial charge in [0.2, 0.25) is 0 Å². The van der Waals surface area contributed by atoms with Crippen molar-refractivity contribution >= 4 is 11.1 Å². The van der Waals surface area contributed by atoms with Gasteiger partial charge in [-0.05, 0) is 39.3 Å². The number of fused-ring (bicyclic) bond motifs is 1. The number of likely N-dealkylation sites (tertiary alicyclic amines) is 1. The fourth-order valence-corrected chi connectivity index (χ4v) is 3.73. The van der Waals surface area contributed by atoms with Crippen LogP contribution in [0, 0.1) is 13.8 Å². The van der Waals surface area contributed by atoms with Crippen LogP contribution in [-0.4, -0.2) is 38.1 Å². The summed E-state index contributed by atoms with van der Waals surface area (Å²) in [6.45, 7) is 5.96. The molecule has 1 atom stereocenters. The molecule has 3 aromatic rings. The first-order valence-corrected chi connectivity index (χ1v) is 9.06. The lowest BCUT2D eigenvalue weighted by Gasteiger charge is -2.32. The molecule has 0 aromatic carbocycles. The van der Waals surface area contributed by atoms with E-state index in [2.05, 4.69) is 25.0 Å². The molecule has 8 heteroatoms. The number of aryl methyl sites for hydroxylation is 2. The normalized spacial score (nSPS) is 18.5. The Morgan fingerprint density at radius 2 is 2.04 bits per heavy atom. The van der Waals surface area contributed by atoms with Crippen molar-refractivity contribution in [3.8, 4) is 0 Å². The van der Waals surface area contributed by atoms with Crippen LogP contribution in [0.5, 0.6) is 0 Å². The van der Waals surface area contributed by atoms with E-state index >= 15 is 0 Å². The number of nitrogens with zero attached hydrogens (tertiary/aromatic N) is 5. The maximum atomic E-state index is 13.6. The summed E-state index contributed by atoms with van der Waals surface area (Å²) in [6, 6.07) is 1.53. The second kappa shape index (κ2) is 7.26. The van der Waals surface area contributed by atoms with Gasteiger partial charge in [0, 0.05) is 48.2 Å². The van der Waals surface area contributed by atoms with Crippen LogP contribution in [0.25, 0.3) is 11.1 Å². The molecule has 142 valence electrons. The first kappa shape index (κ1) is 17.9. The molecule has 0 saturated carbocycles. The Hall–Kier alpha value is -2.48. The Bertz CT molecular complexity index is 941. The van der Waals surface area contributed by atoms with Crippen molar-refractivity contribution in [2.24, 2.45) is 0 Å². The Balaban J connectivity index is 1.58. The van der Waals surface area contributed by atoms with E-state index < -0.39 is 6.43 Å². The van der Waals surface area contributed by atoms with Gasteiger partial charge in [0.1, 0.15) is 5.82 Å². The van der Waals surface area contributed by atoms with E-state index in [0.29, 0.717) is 16.8 Å². The number of rotatable bonds is 4. The van der Waals surface area contributed by atoms with Crippen molar-refractivity contribution in [3.05, 3.63) is 46.8 Å². The van der Waals surface area contributed by atoms with Gasteiger partial charge in [-0.25, -0.2) is 23.7 Å². The molecule has 0 amide bonds. The van der Waals surface area contributed by atoms with Gasteiger partial charge < -0.3 is 4.52 Å². The lowest BCUT2D eigenvalue weighted by molar-refractivity contribution is 0.152. The van der Waals surface area contributed by atoms with Crippen molar-refractivity contribution in [1.82, 2.24) is 25.0 Å². The van der Waals surface area contributed by atoms with E-state index in [1.807, 2.05) is 19.3 Å². The van der Waals surface area contributed by atoms with Crippen LogP contribution in [0.1, 0.15) is 53.5 Å². The third kappa shape index (κ3) is 3.66. The van der Waals surface area contributed by atoms with Gasteiger partial charge in [0.15, 0.2) is 0 Å². The predicted molar refractivity (Wildman–Crippen MR) is 95.5 cm³/mol. The van der Waals surface area contributed by atoms with Gasteiger partial charge in [0.25, 0.3) is 12.1 Å². The summed E-state index contributed by atoms with van der Waals surface area (Å²) in [5.74, 6) is 0.826. The first-order chi connectivity index (χ1) is 13.0. The van der Waals surface area contributed by atoms with E-state index in [0.717, 1.165) is 43.9 Å². The molecule has 4 rings (SSSR count). The van der Waals surface area contributed by atoms with Crippen molar-refractivity contribution in [2.75, 3.05) is 13.1 Å². The number of pyridine rings is 1. The van der Waals surface area contributed by atoms with Gasteiger partial charge in [-0.15, -0.1) is 0 Å². The van der Waals surface area contributed by atoms with Crippen LogP contribution in [0.2, 0.25) is 0 Å². The Morgan fingerprint density at radius 1 is 1.26 bits per heavy atom. The third-order valence-electron chi connectivity index (χ3n) is 5.07. The van der Waals surface area contributed by atoms with E-state index in [4.69, 9.17) is 4.52 Å². The van der Waals surface area contributed by atoms with Crippen LogP contribution in [0.15, 0.2) is 23.0 Å². The van der Waals surface area contributed by atoms with Gasteiger partial charge in [-0.3, -0.25) is 4.90 Å². The number of halogens is 2. The number of hydrogen-bond acceptors (Lipinski definition) is 6. The van der Waals surface area contributed by atoms with E-state index in [-0.39, 0.29) is 17.2 Å². The highest BCUT2D eigenvalue weighted by molar-refractivity contribution is 5.80. The Labute approximate surface area is 155 Å². The van der Waals surface area contributed by atoms with E-state index in [1.165, 1.54) is 6.07 Å². The molecule has 0 N–H and O–H groups in total. The molecule has 27 heavy (non-hydrogen) atoms. The maximum Gasteiger partial charge on any atom is 0.264 e. The minimum atomic E-state index is -2.59. The molecular weight excluding hydrogens is 352 g/mol. The van der Waals surface area contributed by atoms with Crippen LogP contribution < -0.4 is 0 Å². The lowest BCUT2D eigenvalue weighted by atomic mass is 9.92. The van der Waals surface area contributed by atoms with E-state index in [9.17, 15) is 8.78 Å². The van der Waals surface area contributed by atoms with Crippen LogP contribution in [0.4, 0.5) is 8.78 Å². The monoisotopic (exact) mass is 373 g/mol. The van der Waals surface area contributed by atoms with Crippen LogP contribution in [-0.2, 0) is 6.54 Å². The van der Waals surface area contributed by atoms with E-state index in [1.54, 1.807) is 6.92 Å². The average molecular weight is 373 g/mol. The summed E-state index contributed by atoms with van der Waals surface area (Å²) in [4.78, 5) is 15.3. The summed E-state index contributed by atoms with van der Waals surface area (Å²) in [7, 11) is 0. The second-order valence-electron chi connectivity index (χ2n) is 7.10. The SMILES string of the molecule is Cc1ncc(CN2CCC[C@@H](c3cc(C(F)F)c4c(C)noc4n3)C2)cn1. The standard InChI is InChI=1S/C19H21F2N5O/c1-11-17-15(18(20)21)6-16(24-19(17)27-25-11)14-4-3-5-26(10-14)9-13-7-22-12(2)23-8-13/h6-8,14,18H,3-5,9-10H2,1-2H3/t14-/m1/s1. The van der Waals surface area contributed by atoms with Crippen molar-refractivity contribution < 1.29 is 13.3 Å². The molecule has 1 saturated heterocycles. The van der Waals surface area contributed by atoms with Crippen molar-refractivity contribution in [1.29, 1.82) is 0 Å². The first-order valence-electron chi connectivity index (χ1n) is 9.06. The fourth-order valence-electron chi connectivity index (χ4n) is 3.73. The minimum Gasteiger partial charge on any atom is -0.336 e. The van der Waals surface area contributed by atoms with Gasteiger partial charge >= 0.3 is 0 Å². The lowest BCUT2D eigenvalue weighted by Crippen LogP contribution is -2.34. The molecular formula is C19H21F2N5O. The molecule has 0 bridgehead atoms. The van der Waals surface area contributed by atoms with Gasteiger partial charge in [0.05, 0.1) is 11.1 Å². The fraction of sp³-hybridized carbons (Fsp3) is 0.474. The topological polar surface area (TPSA) is 67.9 Å². The van der Waals surface area contributed by atoms with Gasteiger partial charge in [-0.2, -0.15) is 0 Å². The molecule has 6 nitrogen and oxygen atoms in total. The summed E-state index contributed by atoms with van der Waals surface area (Å²) in [5.41, 5.74) is 2.30. The Kier molecular flexibility index (Phi) is 4.82. The second-order valence-corrected chi connectivity index (χ2v) is 7.10. The number of piperidine rings is 1. The smallest absolute Gasteiger partial charge is 0.264 e. The molecule has 0 radical (unpaired) electrons. The molecule has 0 unspecified atom stereocenters.